The van der Waals surface area contributed by atoms with Crippen LogP contribution in [0.2, 0.25) is 0 Å². The molecule has 10 heteroatoms. The molecule has 1 amide bonds. The van der Waals surface area contributed by atoms with Crippen LogP contribution in [0.25, 0.3) is 5.65 Å². The van der Waals surface area contributed by atoms with Gasteiger partial charge in [-0.05, 0) is 25.0 Å². The normalized spacial score (nSPS) is 14.6. The maximum atomic E-state index is 12.7. The summed E-state index contributed by atoms with van der Waals surface area (Å²) in [5.74, 6) is 0.698. The highest BCUT2D eigenvalue weighted by Gasteiger charge is 2.42. The third-order valence-corrected chi connectivity index (χ3v) is 4.97. The highest BCUT2D eigenvalue weighted by Crippen LogP contribution is 2.44. The lowest BCUT2D eigenvalue weighted by molar-refractivity contribution is 0.0936. The van der Waals surface area contributed by atoms with Crippen LogP contribution in [0, 0.1) is 5.41 Å². The van der Waals surface area contributed by atoms with E-state index in [1.807, 2.05) is 0 Å². The van der Waals surface area contributed by atoms with Gasteiger partial charge in [0.25, 0.3) is 11.5 Å². The van der Waals surface area contributed by atoms with Crippen molar-refractivity contribution in [3.8, 4) is 0 Å². The summed E-state index contributed by atoms with van der Waals surface area (Å²) in [4.78, 5) is 31.6. The van der Waals surface area contributed by atoms with Crippen LogP contribution in [0.4, 0.5) is 17.3 Å². The smallest absolute Gasteiger partial charge is 0.271 e. The Kier molecular flexibility index (Phi) is 4.47. The quantitative estimate of drug-likeness (QED) is 0.405. The molecule has 1 fully saturated rings. The molecule has 0 saturated heterocycles. The summed E-state index contributed by atoms with van der Waals surface area (Å²) in [6.45, 7) is 0.472. The van der Waals surface area contributed by atoms with Gasteiger partial charge in [0.2, 0.25) is 0 Å². The van der Waals surface area contributed by atoms with E-state index in [0.717, 1.165) is 12.8 Å². The number of hydrogen-bond donors (Lipinski definition) is 5. The summed E-state index contributed by atoms with van der Waals surface area (Å²) in [6.07, 6.45) is 4.80. The standard InChI is InChI=1S/C18H21N7O3/c1-19-14-7-13(23-12-3-2-6-20-17(12)28)24-15-11(8-22-25(14)15)16(27)21-9-18(10-26)4-5-18/h2-3,6-8,19,26H,4-5,9-10H2,1H3,(H,20,28)(H,21,27)(H,23,24). The number of nitrogens with zero attached hydrogens (tertiary/aromatic N) is 3. The largest absolute Gasteiger partial charge is 0.396 e. The Balaban J connectivity index is 1.66. The number of anilines is 3. The Labute approximate surface area is 160 Å². The summed E-state index contributed by atoms with van der Waals surface area (Å²) in [7, 11) is 1.73. The molecule has 0 radical (unpaired) electrons. The third kappa shape index (κ3) is 3.29. The van der Waals surface area contributed by atoms with Crippen molar-refractivity contribution in [2.45, 2.75) is 12.8 Å². The number of rotatable bonds is 7. The molecule has 3 aromatic rings. The zero-order chi connectivity index (χ0) is 19.7. The molecule has 0 bridgehead atoms. The van der Waals surface area contributed by atoms with Crippen LogP contribution in [0.1, 0.15) is 23.2 Å². The average molecular weight is 383 g/mol. The van der Waals surface area contributed by atoms with E-state index in [4.69, 9.17) is 0 Å². The van der Waals surface area contributed by atoms with Gasteiger partial charge >= 0.3 is 0 Å². The van der Waals surface area contributed by atoms with Crippen LogP contribution in [-0.2, 0) is 0 Å². The zero-order valence-corrected chi connectivity index (χ0v) is 15.3. The van der Waals surface area contributed by atoms with Gasteiger partial charge in [-0.1, -0.05) is 0 Å². The lowest BCUT2D eigenvalue weighted by Crippen LogP contribution is -2.31. The molecule has 1 saturated carbocycles. The number of fused-ring (bicyclic) bond motifs is 1. The van der Waals surface area contributed by atoms with Crippen LogP contribution in [0.5, 0.6) is 0 Å². The second-order valence-corrected chi connectivity index (χ2v) is 6.95. The van der Waals surface area contributed by atoms with E-state index in [1.54, 1.807) is 31.4 Å². The Morgan fingerprint density at radius 2 is 2.25 bits per heavy atom. The molecule has 0 spiro atoms. The van der Waals surface area contributed by atoms with Crippen molar-refractivity contribution in [1.29, 1.82) is 0 Å². The first-order chi connectivity index (χ1) is 13.5. The highest BCUT2D eigenvalue weighted by atomic mass is 16.3. The van der Waals surface area contributed by atoms with E-state index in [1.165, 1.54) is 10.7 Å². The minimum absolute atomic E-state index is 0.0594. The van der Waals surface area contributed by atoms with Crippen molar-refractivity contribution < 1.29 is 9.90 Å². The minimum atomic E-state index is -0.306. The first-order valence-corrected chi connectivity index (χ1v) is 8.95. The molecule has 0 unspecified atom stereocenters. The topological polar surface area (TPSA) is 136 Å². The first kappa shape index (κ1) is 18.0. The van der Waals surface area contributed by atoms with E-state index < -0.39 is 0 Å². The van der Waals surface area contributed by atoms with Gasteiger partial charge in [-0.2, -0.15) is 9.61 Å². The van der Waals surface area contributed by atoms with Crippen LogP contribution < -0.4 is 21.5 Å². The number of amides is 1. The molecule has 3 aromatic heterocycles. The molecule has 4 rings (SSSR count). The van der Waals surface area contributed by atoms with Crippen molar-refractivity contribution in [1.82, 2.24) is 24.9 Å². The van der Waals surface area contributed by atoms with E-state index in [9.17, 15) is 14.7 Å². The second-order valence-electron chi connectivity index (χ2n) is 6.95. The summed E-state index contributed by atoms with van der Waals surface area (Å²) in [5, 5.41) is 22.5. The monoisotopic (exact) mass is 383 g/mol. The first-order valence-electron chi connectivity index (χ1n) is 8.95. The Bertz CT molecular complexity index is 1080. The average Bonchev–Trinajstić information content (AvgIpc) is 3.37. The van der Waals surface area contributed by atoms with Gasteiger partial charge in [0.1, 0.15) is 22.9 Å². The molecule has 1 aliphatic carbocycles. The SMILES string of the molecule is CNc1cc(Nc2ccc[nH]c2=O)nc2c(C(=O)NCC3(CO)CC3)cnn12. The number of aromatic amines is 1. The van der Waals surface area contributed by atoms with E-state index in [2.05, 4.69) is 31.0 Å². The number of hydrogen-bond acceptors (Lipinski definition) is 7. The molecule has 3 heterocycles. The molecule has 28 heavy (non-hydrogen) atoms. The number of pyridine rings is 1. The van der Waals surface area contributed by atoms with Gasteiger partial charge in [-0.15, -0.1) is 0 Å². The Hall–Kier alpha value is -3.40. The number of carbonyl (C=O) groups excluding carboxylic acids is 1. The Morgan fingerprint density at radius 3 is 2.93 bits per heavy atom. The lowest BCUT2D eigenvalue weighted by Gasteiger charge is -2.12. The fourth-order valence-corrected chi connectivity index (χ4v) is 2.95. The number of aromatic nitrogens is 4. The van der Waals surface area contributed by atoms with Gasteiger partial charge in [0.15, 0.2) is 5.65 Å². The predicted octanol–water partition coefficient (Wildman–Crippen LogP) is 0.705. The molecular formula is C18H21N7O3. The molecule has 0 aromatic carbocycles. The number of carbonyl (C=O) groups is 1. The van der Waals surface area contributed by atoms with Gasteiger partial charge in [-0.3, -0.25) is 9.59 Å². The fraction of sp³-hybridized carbons (Fsp3) is 0.333. The zero-order valence-electron chi connectivity index (χ0n) is 15.3. The van der Waals surface area contributed by atoms with Crippen molar-refractivity contribution in [2.75, 3.05) is 30.8 Å². The van der Waals surface area contributed by atoms with Crippen molar-refractivity contribution in [3.63, 3.8) is 0 Å². The van der Waals surface area contributed by atoms with Crippen molar-refractivity contribution in [3.05, 3.63) is 46.5 Å². The highest BCUT2D eigenvalue weighted by molar-refractivity contribution is 6.00. The number of nitrogens with one attached hydrogen (secondary N) is 4. The predicted molar refractivity (Wildman–Crippen MR) is 104 cm³/mol. The molecule has 0 aliphatic heterocycles. The number of H-pyrrole nitrogens is 1. The minimum Gasteiger partial charge on any atom is -0.396 e. The summed E-state index contributed by atoms with van der Waals surface area (Å²) in [6, 6.07) is 5.03. The van der Waals surface area contributed by atoms with Gasteiger partial charge in [0, 0.05) is 31.3 Å². The summed E-state index contributed by atoms with van der Waals surface area (Å²) >= 11 is 0. The lowest BCUT2D eigenvalue weighted by atomic mass is 10.1. The fourth-order valence-electron chi connectivity index (χ4n) is 2.95. The molecule has 5 N–H and O–H groups in total. The Morgan fingerprint density at radius 1 is 1.43 bits per heavy atom. The maximum absolute atomic E-state index is 12.7. The summed E-state index contributed by atoms with van der Waals surface area (Å²) in [5.41, 5.74) is 0.540. The maximum Gasteiger partial charge on any atom is 0.271 e. The molecule has 146 valence electrons. The van der Waals surface area contributed by atoms with Crippen LogP contribution in [-0.4, -0.2) is 50.8 Å². The van der Waals surface area contributed by atoms with Gasteiger partial charge < -0.3 is 26.0 Å². The molecule has 1 aliphatic rings. The second kappa shape index (κ2) is 6.97. The van der Waals surface area contributed by atoms with Crippen molar-refractivity contribution >= 4 is 28.9 Å². The summed E-state index contributed by atoms with van der Waals surface area (Å²) < 4.78 is 1.52. The van der Waals surface area contributed by atoms with E-state index in [-0.39, 0.29) is 23.5 Å². The molecular weight excluding hydrogens is 362 g/mol. The third-order valence-electron chi connectivity index (χ3n) is 4.97. The molecule has 0 atom stereocenters. The van der Waals surface area contributed by atoms with Crippen LogP contribution in [0.3, 0.4) is 0 Å². The number of aliphatic hydroxyl groups excluding tert-OH is 1. The van der Waals surface area contributed by atoms with Crippen molar-refractivity contribution in [2.24, 2.45) is 5.41 Å². The number of aliphatic hydroxyl groups is 1. The van der Waals surface area contributed by atoms with Gasteiger partial charge in [-0.25, -0.2) is 4.98 Å². The van der Waals surface area contributed by atoms with E-state index >= 15 is 0 Å². The van der Waals surface area contributed by atoms with Crippen LogP contribution >= 0.6 is 0 Å². The molecule has 10 nitrogen and oxygen atoms in total. The van der Waals surface area contributed by atoms with E-state index in [0.29, 0.717) is 35.1 Å². The van der Waals surface area contributed by atoms with Gasteiger partial charge in [0.05, 0.1) is 12.8 Å². The van der Waals surface area contributed by atoms with Crippen LogP contribution in [0.15, 0.2) is 35.4 Å².